The molecule has 39 heavy (non-hydrogen) atoms. The number of piperidine rings is 1. The van der Waals surface area contributed by atoms with Crippen molar-refractivity contribution in [3.63, 3.8) is 0 Å². The minimum atomic E-state index is -0.255. The highest BCUT2D eigenvalue weighted by molar-refractivity contribution is 6.01. The number of rotatable bonds is 7. The first-order valence-corrected chi connectivity index (χ1v) is 13.5. The lowest BCUT2D eigenvalue weighted by Gasteiger charge is -2.23. The van der Waals surface area contributed by atoms with Crippen LogP contribution in [0, 0.1) is 11.7 Å². The number of benzene rings is 2. The van der Waals surface area contributed by atoms with Crippen molar-refractivity contribution in [2.75, 3.05) is 13.1 Å². The number of H-pyrrole nitrogens is 2. The highest BCUT2D eigenvalue weighted by atomic mass is 19.1. The maximum absolute atomic E-state index is 13.5. The molecule has 1 fully saturated rings. The molecule has 0 unspecified atom stereocenters. The van der Waals surface area contributed by atoms with Crippen molar-refractivity contribution in [3.8, 4) is 22.5 Å². The summed E-state index contributed by atoms with van der Waals surface area (Å²) in [5.41, 5.74) is 9.09. The van der Waals surface area contributed by atoms with Gasteiger partial charge in [0.05, 0.1) is 22.9 Å². The van der Waals surface area contributed by atoms with Gasteiger partial charge in [0.2, 0.25) is 0 Å². The molecule has 0 bridgehead atoms. The van der Waals surface area contributed by atoms with E-state index in [0.717, 1.165) is 69.4 Å². The fourth-order valence-corrected chi connectivity index (χ4v) is 5.59. The Labute approximate surface area is 227 Å². The van der Waals surface area contributed by atoms with Gasteiger partial charge in [-0.3, -0.25) is 10.1 Å². The summed E-state index contributed by atoms with van der Waals surface area (Å²) in [5.74, 6) is 0.446. The third-order valence-electron chi connectivity index (χ3n) is 7.75. The van der Waals surface area contributed by atoms with Crippen molar-refractivity contribution in [1.29, 1.82) is 0 Å². The molecule has 6 rings (SSSR count). The van der Waals surface area contributed by atoms with E-state index in [1.54, 1.807) is 12.1 Å². The zero-order valence-electron chi connectivity index (χ0n) is 22.1. The second-order valence-electron chi connectivity index (χ2n) is 10.2. The van der Waals surface area contributed by atoms with Gasteiger partial charge < -0.3 is 10.3 Å². The van der Waals surface area contributed by atoms with Gasteiger partial charge in [0.15, 0.2) is 0 Å². The van der Waals surface area contributed by atoms with Gasteiger partial charge in [0, 0.05) is 22.5 Å². The van der Waals surface area contributed by atoms with Crippen molar-refractivity contribution in [1.82, 2.24) is 25.5 Å². The van der Waals surface area contributed by atoms with Crippen molar-refractivity contribution in [2.24, 2.45) is 5.92 Å². The molecule has 1 aliphatic rings. The molecule has 0 amide bonds. The van der Waals surface area contributed by atoms with Crippen LogP contribution < -0.4 is 5.32 Å². The number of hydrogen-bond acceptors (Lipinski definition) is 3. The van der Waals surface area contributed by atoms with E-state index in [0.29, 0.717) is 5.92 Å². The zero-order valence-corrected chi connectivity index (χ0v) is 22.1. The second-order valence-corrected chi connectivity index (χ2v) is 10.2. The minimum absolute atomic E-state index is 0.255. The average molecular weight is 518 g/mol. The third-order valence-corrected chi connectivity index (χ3v) is 7.75. The molecule has 6 heteroatoms. The number of aromatic nitrogens is 4. The molecule has 0 aliphatic carbocycles. The number of nitrogens with one attached hydrogen (secondary N) is 3. The summed E-state index contributed by atoms with van der Waals surface area (Å²) in [5, 5.41) is 13.4. The Balaban J connectivity index is 1.36. The van der Waals surface area contributed by atoms with Crippen molar-refractivity contribution < 1.29 is 4.39 Å². The molecule has 0 radical (unpaired) electrons. The molecule has 3 aromatic heterocycles. The third kappa shape index (κ3) is 5.08. The van der Waals surface area contributed by atoms with Crippen molar-refractivity contribution in [2.45, 2.75) is 26.2 Å². The SMILES string of the molecule is C=C/C(=C\C(=C/C)c1ccc2[nH]nc(-c3cc4c(-c5ccc(F)cc5)cncc4[nH]3)c2c1)CC1CCNCC1. The molecule has 1 saturated heterocycles. The van der Waals surface area contributed by atoms with Crippen LogP contribution in [-0.4, -0.2) is 33.3 Å². The lowest BCUT2D eigenvalue weighted by molar-refractivity contribution is 0.374. The monoisotopic (exact) mass is 517 g/mol. The quantitative estimate of drug-likeness (QED) is 0.193. The summed E-state index contributed by atoms with van der Waals surface area (Å²) in [6.07, 6.45) is 13.6. The molecule has 5 aromatic rings. The van der Waals surface area contributed by atoms with Crippen LogP contribution in [0.15, 0.2) is 91.3 Å². The Morgan fingerprint density at radius 2 is 1.85 bits per heavy atom. The predicted molar refractivity (Wildman–Crippen MR) is 159 cm³/mol. The topological polar surface area (TPSA) is 69.4 Å². The summed E-state index contributed by atoms with van der Waals surface area (Å²) in [4.78, 5) is 7.91. The van der Waals surface area contributed by atoms with Crippen LogP contribution in [0.1, 0.15) is 31.7 Å². The number of aromatic amines is 2. The Morgan fingerprint density at radius 3 is 2.62 bits per heavy atom. The van der Waals surface area contributed by atoms with Crippen LogP contribution in [0.2, 0.25) is 0 Å². The standard InChI is InChI=1S/C33H32FN5/c1-3-21(15-22-11-13-35-14-12-22)16-23(4-2)25-7-10-30-28(17-25)33(39-38-30)31-18-27-29(19-36-20-32(27)37-31)24-5-8-26(34)9-6-24/h3-10,16-20,22,35,37H,1,11-15H2,2H3,(H,38,39)/b21-16+,23-4+. The van der Waals surface area contributed by atoms with Crippen LogP contribution in [0.25, 0.3) is 49.9 Å². The molecular weight excluding hydrogens is 485 g/mol. The smallest absolute Gasteiger partial charge is 0.123 e. The van der Waals surface area contributed by atoms with Gasteiger partial charge in [-0.05, 0) is 97.8 Å². The van der Waals surface area contributed by atoms with Gasteiger partial charge in [-0.2, -0.15) is 5.10 Å². The van der Waals surface area contributed by atoms with Gasteiger partial charge in [-0.15, -0.1) is 0 Å². The number of hydrogen-bond donors (Lipinski definition) is 3. The number of nitrogens with zero attached hydrogens (tertiary/aromatic N) is 2. The van der Waals surface area contributed by atoms with E-state index in [2.05, 4.69) is 75.4 Å². The molecule has 2 aromatic carbocycles. The molecule has 5 nitrogen and oxygen atoms in total. The average Bonchev–Trinajstić information content (AvgIpc) is 3.60. The van der Waals surface area contributed by atoms with Gasteiger partial charge in [-0.25, -0.2) is 4.39 Å². The van der Waals surface area contributed by atoms with Crippen LogP contribution in [-0.2, 0) is 0 Å². The normalized spacial score (nSPS) is 15.3. The van der Waals surface area contributed by atoms with E-state index in [1.807, 2.05) is 18.5 Å². The van der Waals surface area contributed by atoms with Gasteiger partial charge in [0.25, 0.3) is 0 Å². The van der Waals surface area contributed by atoms with Crippen LogP contribution >= 0.6 is 0 Å². The lowest BCUT2D eigenvalue weighted by Crippen LogP contribution is -2.27. The van der Waals surface area contributed by atoms with E-state index < -0.39 is 0 Å². The highest BCUT2D eigenvalue weighted by Crippen LogP contribution is 2.35. The molecule has 3 N–H and O–H groups in total. The summed E-state index contributed by atoms with van der Waals surface area (Å²) in [6.45, 7) is 8.38. The summed E-state index contributed by atoms with van der Waals surface area (Å²) in [7, 11) is 0. The Hall–Kier alpha value is -4.29. The first kappa shape index (κ1) is 25.0. The van der Waals surface area contributed by atoms with Crippen LogP contribution in [0.4, 0.5) is 4.39 Å². The fraction of sp³-hybridized carbons (Fsp3) is 0.212. The minimum Gasteiger partial charge on any atom is -0.352 e. The summed E-state index contributed by atoms with van der Waals surface area (Å²) in [6, 6.07) is 15.0. The highest BCUT2D eigenvalue weighted by Gasteiger charge is 2.16. The first-order valence-electron chi connectivity index (χ1n) is 13.5. The number of halogens is 1. The maximum atomic E-state index is 13.5. The molecular formula is C33H32FN5. The molecule has 0 spiro atoms. The van der Waals surface area contributed by atoms with E-state index >= 15 is 0 Å². The largest absolute Gasteiger partial charge is 0.352 e. The van der Waals surface area contributed by atoms with E-state index in [-0.39, 0.29) is 5.82 Å². The van der Waals surface area contributed by atoms with E-state index in [4.69, 9.17) is 0 Å². The molecule has 1 aliphatic heterocycles. The number of fused-ring (bicyclic) bond motifs is 2. The van der Waals surface area contributed by atoms with Gasteiger partial charge in [0.1, 0.15) is 11.5 Å². The van der Waals surface area contributed by atoms with E-state index in [9.17, 15) is 4.39 Å². The Kier molecular flexibility index (Phi) is 6.95. The Morgan fingerprint density at radius 1 is 1.03 bits per heavy atom. The Bertz CT molecular complexity index is 1700. The summed E-state index contributed by atoms with van der Waals surface area (Å²) >= 11 is 0. The van der Waals surface area contributed by atoms with Gasteiger partial charge >= 0.3 is 0 Å². The molecule has 196 valence electrons. The lowest BCUT2D eigenvalue weighted by atomic mass is 9.89. The van der Waals surface area contributed by atoms with Crippen LogP contribution in [0.5, 0.6) is 0 Å². The second kappa shape index (κ2) is 10.8. The summed E-state index contributed by atoms with van der Waals surface area (Å²) < 4.78 is 13.5. The van der Waals surface area contributed by atoms with Crippen molar-refractivity contribution in [3.05, 3.63) is 103 Å². The first-order chi connectivity index (χ1) is 19.1. The predicted octanol–water partition coefficient (Wildman–Crippen LogP) is 7.82. The van der Waals surface area contributed by atoms with E-state index in [1.165, 1.54) is 36.1 Å². The molecule has 0 atom stereocenters. The number of pyridine rings is 1. The van der Waals surface area contributed by atoms with Crippen molar-refractivity contribution >= 4 is 27.4 Å². The van der Waals surface area contributed by atoms with Gasteiger partial charge in [-0.1, -0.05) is 43.0 Å². The van der Waals surface area contributed by atoms with Crippen LogP contribution in [0.3, 0.4) is 0 Å². The maximum Gasteiger partial charge on any atom is 0.123 e. The fourth-order valence-electron chi connectivity index (χ4n) is 5.59. The number of allylic oxidation sites excluding steroid dienone is 5. The molecule has 4 heterocycles. The zero-order chi connectivity index (χ0) is 26.8. The molecule has 0 saturated carbocycles.